The molecule has 70 heavy (non-hydrogen) atoms. The number of nitrogens with one attached hydrogen (secondary N) is 2. The summed E-state index contributed by atoms with van der Waals surface area (Å²) in [6.45, 7) is 4.83. The molecule has 0 radical (unpaired) electrons. The molecule has 16 nitrogen and oxygen atoms in total. The van der Waals surface area contributed by atoms with Crippen LogP contribution in [0.1, 0.15) is 69.0 Å². The molecule has 0 aliphatic heterocycles. The van der Waals surface area contributed by atoms with Crippen LogP contribution in [0, 0.1) is 36.5 Å². The second-order valence-corrected chi connectivity index (χ2v) is 16.9. The predicted molar refractivity (Wildman–Crippen MR) is 259 cm³/mol. The minimum absolute atomic E-state index is 0.0179. The van der Waals surface area contributed by atoms with E-state index in [9.17, 15) is 30.3 Å². The van der Waals surface area contributed by atoms with E-state index in [4.69, 9.17) is 52.4 Å². The summed E-state index contributed by atoms with van der Waals surface area (Å²) in [4.78, 5) is 30.7. The molecule has 0 amide bonds. The number of nitrogens with zero attached hydrogens (tertiary/aromatic N) is 4. The first kappa shape index (κ1) is 52.1. The number of carboxylic acids is 2. The zero-order valence-corrected chi connectivity index (χ0v) is 39.8. The Kier molecular flexibility index (Phi) is 18.9. The summed E-state index contributed by atoms with van der Waals surface area (Å²) in [5, 5.41) is 63.6. The van der Waals surface area contributed by atoms with Gasteiger partial charge in [-0.3, -0.25) is 9.59 Å². The van der Waals surface area contributed by atoms with Crippen LogP contribution in [0.3, 0.4) is 0 Å². The monoisotopic (exact) mass is 988 g/mol. The van der Waals surface area contributed by atoms with Gasteiger partial charge in [0.2, 0.25) is 0 Å². The molecule has 18 heteroatoms. The molecule has 0 saturated heterocycles. The summed E-state index contributed by atoms with van der Waals surface area (Å²) in [7, 11) is 0. The van der Waals surface area contributed by atoms with Crippen molar-refractivity contribution in [2.75, 3.05) is 13.1 Å². The Balaban J connectivity index is 1.18. The maximum absolute atomic E-state index is 11.1. The van der Waals surface area contributed by atoms with Gasteiger partial charge in [-0.05, 0) is 83.6 Å². The third-order valence-corrected chi connectivity index (χ3v) is 11.6. The topological polar surface area (TPSA) is 249 Å². The van der Waals surface area contributed by atoms with Crippen LogP contribution in [0.4, 0.5) is 0 Å². The minimum atomic E-state index is -1.12. The van der Waals surface area contributed by atoms with Gasteiger partial charge in [-0.1, -0.05) is 71.7 Å². The first-order valence-corrected chi connectivity index (χ1v) is 22.7. The van der Waals surface area contributed by atoms with Gasteiger partial charge in [-0.15, -0.1) is 0 Å². The molecule has 362 valence electrons. The first-order chi connectivity index (χ1) is 33.7. The number of pyridine rings is 2. The number of aliphatic carboxylic acids is 2. The van der Waals surface area contributed by atoms with E-state index in [0.717, 1.165) is 33.4 Å². The highest BCUT2D eigenvalue weighted by atomic mass is 35.5. The van der Waals surface area contributed by atoms with Crippen molar-refractivity contribution in [3.8, 4) is 46.3 Å². The van der Waals surface area contributed by atoms with Crippen LogP contribution in [0.15, 0.2) is 97.1 Å². The average molecular weight is 990 g/mol. The van der Waals surface area contributed by atoms with Crippen molar-refractivity contribution in [1.82, 2.24) is 20.6 Å². The number of hydrogen-bond donors (Lipinski definition) is 6. The van der Waals surface area contributed by atoms with Crippen molar-refractivity contribution in [3.05, 3.63) is 163 Å². The lowest BCUT2D eigenvalue weighted by Crippen LogP contribution is -2.28. The molecule has 0 saturated carbocycles. The lowest BCUT2D eigenvalue weighted by Gasteiger charge is -2.19. The standard InChI is InChI=1S/C52H50Cl2N6O10/c1-31-33(27-67-49-19-47(69-29-39-11-5-9-37(21-55)59-39)35(15-45(49)53)23-57-25-41(61)17-51(63)64)7-3-13-43(31)44-14-4-8-34(32(44)2)28-68-50-20-48(70-30-40-12-6-10-38(22-56)60-40)36(16-46(50)54)24-58-26-42(62)18-52(65)66/h3-16,19-20,41-42,57-58,61-62H,17-18,23-30H2,1-2H3,(H,63,64)(H,65,66)/t41-,42-/m0/s1. The van der Waals surface area contributed by atoms with Crippen molar-refractivity contribution in [2.45, 2.75) is 78.4 Å². The van der Waals surface area contributed by atoms with E-state index >= 15 is 0 Å². The van der Waals surface area contributed by atoms with E-state index in [1.807, 2.05) is 62.4 Å². The molecule has 2 aromatic heterocycles. The molecule has 0 bridgehead atoms. The molecule has 0 aliphatic rings. The molecule has 0 unspecified atom stereocenters. The molecule has 4 aromatic carbocycles. The van der Waals surface area contributed by atoms with Crippen molar-refractivity contribution < 1.29 is 49.0 Å². The fourth-order valence-corrected chi connectivity index (χ4v) is 7.82. The van der Waals surface area contributed by atoms with Gasteiger partial charge >= 0.3 is 11.9 Å². The maximum atomic E-state index is 11.1. The molecule has 0 aliphatic carbocycles. The third kappa shape index (κ3) is 14.9. The Morgan fingerprint density at radius 2 is 0.957 bits per heavy atom. The highest BCUT2D eigenvalue weighted by Gasteiger charge is 2.19. The second kappa shape index (κ2) is 25.4. The van der Waals surface area contributed by atoms with Crippen LogP contribution in [0.25, 0.3) is 11.1 Å². The number of rotatable bonds is 25. The smallest absolute Gasteiger partial charge is 0.306 e. The number of halogens is 2. The average Bonchev–Trinajstić information content (AvgIpc) is 3.33. The molecule has 0 fully saturated rings. The van der Waals surface area contributed by atoms with Gasteiger partial charge < -0.3 is 50.0 Å². The van der Waals surface area contributed by atoms with E-state index in [-0.39, 0.29) is 64.0 Å². The Bertz CT molecular complexity index is 2710. The molecule has 6 N–H and O–H groups in total. The van der Waals surface area contributed by atoms with Gasteiger partial charge in [0.25, 0.3) is 0 Å². The number of nitriles is 2. The Labute approximate surface area is 414 Å². The van der Waals surface area contributed by atoms with Crippen molar-refractivity contribution in [1.29, 1.82) is 10.5 Å². The zero-order chi connectivity index (χ0) is 50.2. The van der Waals surface area contributed by atoms with E-state index < -0.39 is 37.0 Å². The Morgan fingerprint density at radius 3 is 1.34 bits per heavy atom. The largest absolute Gasteiger partial charge is 0.487 e. The third-order valence-electron chi connectivity index (χ3n) is 11.0. The van der Waals surface area contributed by atoms with Gasteiger partial charge in [-0.25, -0.2) is 9.97 Å². The lowest BCUT2D eigenvalue weighted by atomic mass is 9.92. The first-order valence-electron chi connectivity index (χ1n) is 22.0. The number of ether oxygens (including phenoxy) is 4. The van der Waals surface area contributed by atoms with Crippen LogP contribution < -0.4 is 29.6 Å². The second-order valence-electron chi connectivity index (χ2n) is 16.1. The van der Waals surface area contributed by atoms with Crippen LogP contribution in [-0.4, -0.2) is 67.6 Å². The van der Waals surface area contributed by atoms with E-state index in [2.05, 4.69) is 20.6 Å². The maximum Gasteiger partial charge on any atom is 0.306 e. The summed E-state index contributed by atoms with van der Waals surface area (Å²) in [6.07, 6.45) is -3.03. The molecular weight excluding hydrogens is 940 g/mol. The molecule has 2 atom stereocenters. The Morgan fingerprint density at radius 1 is 0.571 bits per heavy atom. The van der Waals surface area contributed by atoms with Gasteiger partial charge in [-0.2, -0.15) is 10.5 Å². The minimum Gasteiger partial charge on any atom is -0.487 e. The van der Waals surface area contributed by atoms with Crippen LogP contribution in [-0.2, 0) is 49.1 Å². The number of aliphatic hydroxyl groups is 2. The summed E-state index contributed by atoms with van der Waals surface area (Å²) >= 11 is 13.6. The van der Waals surface area contributed by atoms with Crippen molar-refractivity contribution >= 4 is 35.1 Å². The van der Waals surface area contributed by atoms with Gasteiger partial charge in [0, 0.05) is 49.4 Å². The predicted octanol–water partition coefficient (Wildman–Crippen LogP) is 7.98. The highest BCUT2D eigenvalue weighted by Crippen LogP contribution is 2.37. The summed E-state index contributed by atoms with van der Waals surface area (Å²) in [5.74, 6) is -0.715. The summed E-state index contributed by atoms with van der Waals surface area (Å²) < 4.78 is 25.0. The lowest BCUT2D eigenvalue weighted by molar-refractivity contribution is -0.140. The highest BCUT2D eigenvalue weighted by molar-refractivity contribution is 6.32. The zero-order valence-electron chi connectivity index (χ0n) is 38.2. The number of aromatic nitrogens is 2. The van der Waals surface area contributed by atoms with Crippen molar-refractivity contribution in [3.63, 3.8) is 0 Å². The normalized spacial score (nSPS) is 11.8. The fourth-order valence-electron chi connectivity index (χ4n) is 7.33. The SMILES string of the molecule is Cc1c(COc2cc(OCc3cccc(C#N)n3)c(CNC[C@@H](O)CC(=O)O)cc2Cl)cccc1-c1cccc(COc2cc(OCc3cccc(C#N)n3)c(CNC[C@@H](O)CC(=O)O)cc2Cl)c1C. The Hall–Kier alpha value is -7.28. The number of benzene rings is 4. The summed E-state index contributed by atoms with van der Waals surface area (Å²) in [5.41, 5.74) is 8.47. The number of carbonyl (C=O) groups is 2. The molecule has 6 rings (SSSR count). The molecule has 2 heterocycles. The van der Waals surface area contributed by atoms with Gasteiger partial charge in [0.05, 0.1) is 46.5 Å². The fraction of sp³-hybridized carbons (Fsp3) is 0.269. The van der Waals surface area contributed by atoms with Crippen LogP contribution in [0.5, 0.6) is 23.0 Å². The van der Waals surface area contributed by atoms with Crippen molar-refractivity contribution in [2.24, 2.45) is 0 Å². The number of hydrogen-bond acceptors (Lipinski definition) is 14. The molecule has 0 spiro atoms. The number of aliphatic hydroxyl groups excluding tert-OH is 2. The van der Waals surface area contributed by atoms with E-state index in [0.29, 0.717) is 55.6 Å². The van der Waals surface area contributed by atoms with Crippen LogP contribution in [0.2, 0.25) is 10.0 Å². The molecular formula is C52H50Cl2N6O10. The summed E-state index contributed by atoms with van der Waals surface area (Å²) in [6, 6.07) is 32.7. The molecule has 6 aromatic rings. The van der Waals surface area contributed by atoms with Gasteiger partial charge in [0.15, 0.2) is 0 Å². The van der Waals surface area contributed by atoms with E-state index in [1.54, 1.807) is 60.7 Å². The van der Waals surface area contributed by atoms with Gasteiger partial charge in [0.1, 0.15) is 73.0 Å². The number of carboxylic acid groups (broad SMARTS) is 2. The van der Waals surface area contributed by atoms with Crippen LogP contribution >= 0.6 is 23.2 Å². The van der Waals surface area contributed by atoms with E-state index in [1.165, 1.54) is 0 Å². The quantitative estimate of drug-likeness (QED) is 0.0318.